The molecule has 6 heteroatoms. The van der Waals surface area contributed by atoms with Crippen molar-refractivity contribution in [2.75, 3.05) is 20.3 Å². The van der Waals surface area contributed by atoms with Gasteiger partial charge in [0.2, 0.25) is 5.88 Å². The van der Waals surface area contributed by atoms with E-state index in [2.05, 4.69) is 10.3 Å². The molecule has 1 fully saturated rings. The largest absolute Gasteiger partial charge is 0.480 e. The highest BCUT2D eigenvalue weighted by Gasteiger charge is 2.31. The van der Waals surface area contributed by atoms with E-state index < -0.39 is 5.79 Å². The molecule has 0 aromatic carbocycles. The molecule has 2 heterocycles. The molecule has 0 spiro atoms. The number of methoxy groups -OCH3 is 1. The van der Waals surface area contributed by atoms with Crippen LogP contribution in [-0.4, -0.2) is 37.1 Å². The number of aryl methyl sites for hydroxylation is 1. The lowest BCUT2D eigenvalue weighted by Crippen LogP contribution is -2.24. The highest BCUT2D eigenvalue weighted by Crippen LogP contribution is 2.24. The Hall–Kier alpha value is -0.690. The number of thiazole rings is 1. The van der Waals surface area contributed by atoms with Crippen LogP contribution in [0.4, 0.5) is 0 Å². The number of ether oxygens (including phenoxy) is 3. The van der Waals surface area contributed by atoms with E-state index >= 15 is 0 Å². The van der Waals surface area contributed by atoms with Crippen LogP contribution in [0.3, 0.4) is 0 Å². The van der Waals surface area contributed by atoms with Crippen molar-refractivity contribution in [1.82, 2.24) is 10.3 Å². The van der Waals surface area contributed by atoms with Crippen LogP contribution < -0.4 is 10.1 Å². The third kappa shape index (κ3) is 4.14. The fraction of sp³-hybridized carbons (Fsp3) is 0.769. The summed E-state index contributed by atoms with van der Waals surface area (Å²) in [6, 6.07) is 0. The molecule has 0 radical (unpaired) electrons. The molecular weight excluding hydrogens is 264 g/mol. The quantitative estimate of drug-likeness (QED) is 0.812. The van der Waals surface area contributed by atoms with Crippen molar-refractivity contribution in [3.63, 3.8) is 0 Å². The maximum atomic E-state index is 5.75. The Labute approximate surface area is 118 Å². The topological polar surface area (TPSA) is 52.6 Å². The van der Waals surface area contributed by atoms with Gasteiger partial charge >= 0.3 is 0 Å². The lowest BCUT2D eigenvalue weighted by molar-refractivity contribution is -0.138. The maximum absolute atomic E-state index is 5.75. The van der Waals surface area contributed by atoms with Gasteiger partial charge in [-0.2, -0.15) is 0 Å². The SMILES string of the molecule is COc1nc(CNCC[C@H]2COC(C)(C)O2)sc1C. The second-order valence-electron chi connectivity index (χ2n) is 5.09. The minimum atomic E-state index is -0.426. The average molecular weight is 286 g/mol. The summed E-state index contributed by atoms with van der Waals surface area (Å²) in [7, 11) is 1.65. The highest BCUT2D eigenvalue weighted by molar-refractivity contribution is 7.11. The molecule has 1 aliphatic heterocycles. The van der Waals surface area contributed by atoms with Gasteiger partial charge in [0.1, 0.15) is 5.01 Å². The number of aromatic nitrogens is 1. The van der Waals surface area contributed by atoms with Gasteiger partial charge in [-0.25, -0.2) is 4.98 Å². The molecular formula is C13H22N2O3S. The first-order valence-electron chi connectivity index (χ1n) is 6.53. The van der Waals surface area contributed by atoms with Crippen molar-refractivity contribution < 1.29 is 14.2 Å². The minimum absolute atomic E-state index is 0.190. The summed E-state index contributed by atoms with van der Waals surface area (Å²) in [6.07, 6.45) is 1.14. The van der Waals surface area contributed by atoms with Crippen molar-refractivity contribution in [2.45, 2.75) is 45.6 Å². The van der Waals surface area contributed by atoms with Gasteiger partial charge in [-0.05, 0) is 33.7 Å². The van der Waals surface area contributed by atoms with Crippen molar-refractivity contribution in [3.8, 4) is 5.88 Å². The summed E-state index contributed by atoms with van der Waals surface area (Å²) in [5, 5.41) is 4.43. The van der Waals surface area contributed by atoms with Crippen LogP contribution in [0, 0.1) is 6.92 Å². The Kier molecular flexibility index (Phi) is 4.78. The summed E-state index contributed by atoms with van der Waals surface area (Å²) < 4.78 is 16.4. The molecule has 2 rings (SSSR count). The molecule has 1 aromatic rings. The molecule has 108 valence electrons. The zero-order valence-corrected chi connectivity index (χ0v) is 12.8. The van der Waals surface area contributed by atoms with Crippen molar-refractivity contribution in [1.29, 1.82) is 0 Å². The summed E-state index contributed by atoms with van der Waals surface area (Å²) in [5.41, 5.74) is 0. The van der Waals surface area contributed by atoms with Gasteiger partial charge in [-0.3, -0.25) is 0 Å². The third-order valence-electron chi connectivity index (χ3n) is 2.98. The van der Waals surface area contributed by atoms with Crippen LogP contribution in [-0.2, 0) is 16.0 Å². The van der Waals surface area contributed by atoms with Crippen LogP contribution in [0.5, 0.6) is 5.88 Å². The van der Waals surface area contributed by atoms with E-state index in [4.69, 9.17) is 14.2 Å². The first-order chi connectivity index (χ1) is 9.00. The van der Waals surface area contributed by atoms with Gasteiger partial charge < -0.3 is 19.5 Å². The predicted molar refractivity (Wildman–Crippen MR) is 74.6 cm³/mol. The van der Waals surface area contributed by atoms with Crippen LogP contribution in [0.2, 0.25) is 0 Å². The number of nitrogens with zero attached hydrogens (tertiary/aromatic N) is 1. The summed E-state index contributed by atoms with van der Waals surface area (Å²) in [6.45, 7) is 8.26. The molecule has 1 aromatic heterocycles. The van der Waals surface area contributed by atoms with E-state index in [0.717, 1.165) is 35.3 Å². The lowest BCUT2D eigenvalue weighted by Gasteiger charge is -2.17. The molecule has 1 aliphatic rings. The van der Waals surface area contributed by atoms with Crippen LogP contribution >= 0.6 is 11.3 Å². The zero-order valence-electron chi connectivity index (χ0n) is 12.0. The van der Waals surface area contributed by atoms with Gasteiger partial charge in [0.15, 0.2) is 5.79 Å². The first kappa shape index (κ1) is 14.7. The van der Waals surface area contributed by atoms with Gasteiger partial charge in [-0.1, -0.05) is 0 Å². The number of rotatable bonds is 6. The smallest absolute Gasteiger partial charge is 0.227 e. The molecule has 0 saturated carbocycles. The molecule has 0 bridgehead atoms. The van der Waals surface area contributed by atoms with E-state index in [1.807, 2.05) is 20.8 Å². The van der Waals surface area contributed by atoms with E-state index in [0.29, 0.717) is 6.61 Å². The fourth-order valence-electron chi connectivity index (χ4n) is 2.06. The van der Waals surface area contributed by atoms with E-state index in [9.17, 15) is 0 Å². The maximum Gasteiger partial charge on any atom is 0.227 e. The zero-order chi connectivity index (χ0) is 13.9. The third-order valence-corrected chi connectivity index (χ3v) is 3.93. The Morgan fingerprint density at radius 2 is 2.32 bits per heavy atom. The normalized spacial score (nSPS) is 21.8. The first-order valence-corrected chi connectivity index (χ1v) is 7.34. The standard InChI is InChI=1S/C13H22N2O3S/c1-9-12(16-4)15-11(19-9)7-14-6-5-10-8-17-13(2,3)18-10/h10,14H,5-8H2,1-4H3/t10-/m0/s1. The van der Waals surface area contributed by atoms with Crippen molar-refractivity contribution in [3.05, 3.63) is 9.88 Å². The predicted octanol–water partition coefficient (Wildman–Crippen LogP) is 2.09. The Morgan fingerprint density at radius 3 is 2.89 bits per heavy atom. The molecule has 5 nitrogen and oxygen atoms in total. The molecule has 19 heavy (non-hydrogen) atoms. The van der Waals surface area contributed by atoms with Gasteiger partial charge in [0.05, 0.1) is 24.7 Å². The van der Waals surface area contributed by atoms with Crippen LogP contribution in [0.1, 0.15) is 30.2 Å². The lowest BCUT2D eigenvalue weighted by atomic mass is 10.2. The Morgan fingerprint density at radius 1 is 1.53 bits per heavy atom. The Balaban J connectivity index is 1.67. The van der Waals surface area contributed by atoms with E-state index in [1.165, 1.54) is 0 Å². The number of nitrogens with one attached hydrogen (secondary N) is 1. The van der Waals surface area contributed by atoms with Gasteiger partial charge in [-0.15, -0.1) is 11.3 Å². The second kappa shape index (κ2) is 6.17. The molecule has 0 unspecified atom stereocenters. The monoisotopic (exact) mass is 286 g/mol. The molecule has 0 amide bonds. The average Bonchev–Trinajstić information content (AvgIpc) is 2.87. The van der Waals surface area contributed by atoms with Crippen LogP contribution in [0.15, 0.2) is 0 Å². The molecule has 1 N–H and O–H groups in total. The van der Waals surface area contributed by atoms with Crippen molar-refractivity contribution in [2.24, 2.45) is 0 Å². The molecule has 1 saturated heterocycles. The van der Waals surface area contributed by atoms with Gasteiger partial charge in [0.25, 0.3) is 0 Å². The van der Waals surface area contributed by atoms with Gasteiger partial charge in [0, 0.05) is 6.54 Å². The summed E-state index contributed by atoms with van der Waals surface area (Å²) in [4.78, 5) is 5.52. The minimum Gasteiger partial charge on any atom is -0.480 e. The molecule has 1 atom stereocenters. The fourth-order valence-corrected chi connectivity index (χ4v) is 2.94. The van der Waals surface area contributed by atoms with E-state index in [1.54, 1.807) is 18.4 Å². The van der Waals surface area contributed by atoms with Crippen LogP contribution in [0.25, 0.3) is 0 Å². The summed E-state index contributed by atoms with van der Waals surface area (Å²) in [5.74, 6) is 0.306. The number of hydrogen-bond donors (Lipinski definition) is 1. The molecule has 0 aliphatic carbocycles. The van der Waals surface area contributed by atoms with Crippen molar-refractivity contribution >= 4 is 11.3 Å². The second-order valence-corrected chi connectivity index (χ2v) is 6.38. The number of hydrogen-bond acceptors (Lipinski definition) is 6. The Bertz CT molecular complexity index is 420. The summed E-state index contributed by atoms with van der Waals surface area (Å²) >= 11 is 1.67. The van der Waals surface area contributed by atoms with E-state index in [-0.39, 0.29) is 6.10 Å². The highest BCUT2D eigenvalue weighted by atomic mass is 32.1.